The molecule has 0 atom stereocenters. The maximum absolute atomic E-state index is 13.9. The molecule has 1 saturated heterocycles. The summed E-state index contributed by atoms with van der Waals surface area (Å²) in [7, 11) is 1.67. The normalized spacial score (nSPS) is 15.3. The van der Waals surface area contributed by atoms with Gasteiger partial charge in [0, 0.05) is 44.5 Å². The molecule has 1 aromatic rings. The summed E-state index contributed by atoms with van der Waals surface area (Å²) in [4.78, 5) is 2.27. The highest BCUT2D eigenvalue weighted by atomic mass is 19.1. The summed E-state index contributed by atoms with van der Waals surface area (Å²) >= 11 is 0. The molecule has 1 aliphatic heterocycles. The number of halogens is 1. The quantitative estimate of drug-likeness (QED) is 0.785. The molecule has 0 aromatic heterocycles. The van der Waals surface area contributed by atoms with Gasteiger partial charge in [-0.3, -0.25) is 0 Å². The van der Waals surface area contributed by atoms with E-state index in [1.165, 1.54) is 18.9 Å². The molecule has 1 heterocycles. The molecular formula is C14H21FN2O. The highest BCUT2D eigenvalue weighted by Crippen LogP contribution is 2.26. The van der Waals surface area contributed by atoms with Gasteiger partial charge in [0.2, 0.25) is 0 Å². The summed E-state index contributed by atoms with van der Waals surface area (Å²) in [6.45, 7) is 4.02. The average molecular weight is 252 g/mol. The van der Waals surface area contributed by atoms with Crippen LogP contribution in [0.25, 0.3) is 0 Å². The molecule has 0 saturated carbocycles. The first-order chi connectivity index (χ1) is 8.83. The van der Waals surface area contributed by atoms with Crippen LogP contribution in [0.1, 0.15) is 18.4 Å². The Morgan fingerprint density at radius 1 is 1.33 bits per heavy atom. The van der Waals surface area contributed by atoms with E-state index in [-0.39, 0.29) is 5.82 Å². The topological polar surface area (TPSA) is 24.5 Å². The van der Waals surface area contributed by atoms with Crippen molar-refractivity contribution < 1.29 is 9.13 Å². The smallest absolute Gasteiger partial charge is 0.129 e. The van der Waals surface area contributed by atoms with Gasteiger partial charge < -0.3 is 15.0 Å². The van der Waals surface area contributed by atoms with Crippen LogP contribution in [-0.4, -0.2) is 33.4 Å². The zero-order valence-electron chi connectivity index (χ0n) is 10.9. The van der Waals surface area contributed by atoms with E-state index in [0.29, 0.717) is 13.2 Å². The minimum atomic E-state index is -0.121. The third kappa shape index (κ3) is 3.21. The maximum Gasteiger partial charge on any atom is 0.129 e. The molecule has 4 heteroatoms. The number of methoxy groups -OCH3 is 1. The van der Waals surface area contributed by atoms with Crippen molar-refractivity contribution in [3.05, 3.63) is 29.6 Å². The minimum absolute atomic E-state index is 0.121. The largest absolute Gasteiger partial charge is 0.383 e. The van der Waals surface area contributed by atoms with Crippen molar-refractivity contribution >= 4 is 5.69 Å². The van der Waals surface area contributed by atoms with Gasteiger partial charge in [0.05, 0.1) is 6.61 Å². The highest BCUT2D eigenvalue weighted by molar-refractivity contribution is 5.54. The number of nitrogens with zero attached hydrogens (tertiary/aromatic N) is 1. The molecule has 2 rings (SSSR count). The SMILES string of the molecule is COCCNCc1c(F)cccc1N1CCCC1. The van der Waals surface area contributed by atoms with Gasteiger partial charge in [-0.1, -0.05) is 6.07 Å². The Balaban J connectivity index is 2.06. The van der Waals surface area contributed by atoms with Gasteiger partial charge in [-0.15, -0.1) is 0 Å². The number of benzene rings is 1. The number of ether oxygens (including phenoxy) is 1. The molecule has 0 bridgehead atoms. The van der Waals surface area contributed by atoms with Gasteiger partial charge in [0.25, 0.3) is 0 Å². The number of hydrogen-bond donors (Lipinski definition) is 1. The van der Waals surface area contributed by atoms with Crippen molar-refractivity contribution in [3.8, 4) is 0 Å². The fourth-order valence-electron chi connectivity index (χ4n) is 2.36. The van der Waals surface area contributed by atoms with E-state index in [9.17, 15) is 4.39 Å². The number of rotatable bonds is 6. The fourth-order valence-corrected chi connectivity index (χ4v) is 2.36. The third-order valence-electron chi connectivity index (χ3n) is 3.33. The van der Waals surface area contributed by atoms with Crippen LogP contribution in [0, 0.1) is 5.82 Å². The van der Waals surface area contributed by atoms with Gasteiger partial charge in [0.1, 0.15) is 5.82 Å². The first-order valence-electron chi connectivity index (χ1n) is 6.55. The standard InChI is InChI=1S/C14H21FN2O/c1-18-10-7-16-11-12-13(15)5-4-6-14(12)17-8-2-3-9-17/h4-6,16H,2-3,7-11H2,1H3. The predicted molar refractivity (Wildman–Crippen MR) is 71.4 cm³/mol. The molecular weight excluding hydrogens is 231 g/mol. The molecule has 100 valence electrons. The molecule has 3 nitrogen and oxygen atoms in total. The van der Waals surface area contributed by atoms with Crippen molar-refractivity contribution in [1.29, 1.82) is 0 Å². The summed E-state index contributed by atoms with van der Waals surface area (Å²) in [5.41, 5.74) is 1.81. The minimum Gasteiger partial charge on any atom is -0.383 e. The summed E-state index contributed by atoms with van der Waals surface area (Å²) in [5, 5.41) is 3.22. The van der Waals surface area contributed by atoms with E-state index in [1.54, 1.807) is 13.2 Å². The van der Waals surface area contributed by atoms with E-state index >= 15 is 0 Å². The van der Waals surface area contributed by atoms with Crippen molar-refractivity contribution in [2.45, 2.75) is 19.4 Å². The van der Waals surface area contributed by atoms with Gasteiger partial charge in [0.15, 0.2) is 0 Å². The molecule has 18 heavy (non-hydrogen) atoms. The zero-order chi connectivity index (χ0) is 12.8. The maximum atomic E-state index is 13.9. The Morgan fingerprint density at radius 3 is 2.83 bits per heavy atom. The fraction of sp³-hybridized carbons (Fsp3) is 0.571. The van der Waals surface area contributed by atoms with E-state index in [2.05, 4.69) is 10.2 Å². The lowest BCUT2D eigenvalue weighted by atomic mass is 10.1. The molecule has 0 radical (unpaired) electrons. The van der Waals surface area contributed by atoms with Gasteiger partial charge in [-0.05, 0) is 25.0 Å². The first-order valence-corrected chi connectivity index (χ1v) is 6.55. The molecule has 1 aliphatic rings. The van der Waals surface area contributed by atoms with Crippen LogP contribution in [0.4, 0.5) is 10.1 Å². The van der Waals surface area contributed by atoms with Gasteiger partial charge in [-0.2, -0.15) is 0 Å². The second-order valence-corrected chi connectivity index (χ2v) is 4.60. The number of nitrogens with one attached hydrogen (secondary N) is 1. The lowest BCUT2D eigenvalue weighted by Crippen LogP contribution is -2.24. The summed E-state index contributed by atoms with van der Waals surface area (Å²) in [6, 6.07) is 5.34. The van der Waals surface area contributed by atoms with E-state index in [1.807, 2.05) is 6.07 Å². The molecule has 0 aliphatic carbocycles. The Hall–Kier alpha value is -1.13. The third-order valence-corrected chi connectivity index (χ3v) is 3.33. The monoisotopic (exact) mass is 252 g/mol. The van der Waals surface area contributed by atoms with Crippen LogP contribution >= 0.6 is 0 Å². The first kappa shape index (κ1) is 13.3. The average Bonchev–Trinajstić information content (AvgIpc) is 2.89. The molecule has 1 fully saturated rings. The molecule has 0 unspecified atom stereocenters. The molecule has 1 N–H and O–H groups in total. The Labute approximate surface area is 108 Å². The second-order valence-electron chi connectivity index (χ2n) is 4.60. The van der Waals surface area contributed by atoms with Crippen LogP contribution in [0.3, 0.4) is 0 Å². The van der Waals surface area contributed by atoms with Crippen LogP contribution in [0.5, 0.6) is 0 Å². The second kappa shape index (κ2) is 6.71. The van der Waals surface area contributed by atoms with Gasteiger partial charge in [-0.25, -0.2) is 4.39 Å². The van der Waals surface area contributed by atoms with Crippen LogP contribution in [0.15, 0.2) is 18.2 Å². The molecule has 0 amide bonds. The lowest BCUT2D eigenvalue weighted by molar-refractivity contribution is 0.199. The van der Waals surface area contributed by atoms with Crippen molar-refractivity contribution in [2.24, 2.45) is 0 Å². The van der Waals surface area contributed by atoms with Gasteiger partial charge >= 0.3 is 0 Å². The predicted octanol–water partition coefficient (Wildman–Crippen LogP) is 2.16. The van der Waals surface area contributed by atoms with Crippen LogP contribution in [0.2, 0.25) is 0 Å². The molecule has 1 aromatic carbocycles. The summed E-state index contributed by atoms with van der Waals surface area (Å²) in [5.74, 6) is -0.121. The lowest BCUT2D eigenvalue weighted by Gasteiger charge is -2.22. The Morgan fingerprint density at radius 2 is 2.11 bits per heavy atom. The van der Waals surface area contributed by atoms with Crippen molar-refractivity contribution in [1.82, 2.24) is 5.32 Å². The van der Waals surface area contributed by atoms with Crippen molar-refractivity contribution in [3.63, 3.8) is 0 Å². The zero-order valence-corrected chi connectivity index (χ0v) is 10.9. The van der Waals surface area contributed by atoms with Crippen molar-refractivity contribution in [2.75, 3.05) is 38.3 Å². The number of hydrogen-bond acceptors (Lipinski definition) is 3. The summed E-state index contributed by atoms with van der Waals surface area (Å²) < 4.78 is 18.9. The molecule has 0 spiro atoms. The number of anilines is 1. The Bertz CT molecular complexity index is 378. The van der Waals surface area contributed by atoms with E-state index in [4.69, 9.17) is 4.74 Å². The highest BCUT2D eigenvalue weighted by Gasteiger charge is 2.17. The van der Waals surface area contributed by atoms with Crippen LogP contribution < -0.4 is 10.2 Å². The van der Waals surface area contributed by atoms with E-state index in [0.717, 1.165) is 30.9 Å². The summed E-state index contributed by atoms with van der Waals surface area (Å²) in [6.07, 6.45) is 2.40. The Kier molecular flexibility index (Phi) is 4.96. The van der Waals surface area contributed by atoms with Crippen LogP contribution in [-0.2, 0) is 11.3 Å². The van der Waals surface area contributed by atoms with E-state index < -0.39 is 0 Å².